The normalized spacial score (nSPS) is 12.0. The smallest absolute Gasteiger partial charge is 0.322 e. The van der Waals surface area contributed by atoms with Crippen LogP contribution in [-0.4, -0.2) is 24.3 Å². The number of halogens is 4. The number of ether oxygens (including phenoxy) is 2. The predicted molar refractivity (Wildman–Crippen MR) is 129 cm³/mol. The average molecular weight is 512 g/mol. The van der Waals surface area contributed by atoms with E-state index >= 15 is 0 Å². The van der Waals surface area contributed by atoms with Crippen molar-refractivity contribution in [1.29, 1.82) is 0 Å². The van der Waals surface area contributed by atoms with Crippen molar-refractivity contribution in [2.24, 2.45) is 0 Å². The van der Waals surface area contributed by atoms with Crippen LogP contribution in [0.15, 0.2) is 54.6 Å². The molecule has 32 heavy (non-hydrogen) atoms. The SMILES string of the molecule is O=C(Nc1ccc(Cl)c(Cl)c1)N(CCc1ccc(Cl)cc1Cl)Cc1ccc2c(c1)OCO2. The topological polar surface area (TPSA) is 50.8 Å². The second-order valence-electron chi connectivity index (χ2n) is 7.15. The predicted octanol–water partition coefficient (Wildman–Crippen LogP) is 7.31. The van der Waals surface area contributed by atoms with Crippen molar-refractivity contribution in [3.8, 4) is 11.5 Å². The molecule has 0 saturated carbocycles. The minimum atomic E-state index is -0.286. The van der Waals surface area contributed by atoms with Crippen molar-refractivity contribution in [3.63, 3.8) is 0 Å². The van der Waals surface area contributed by atoms with Crippen molar-refractivity contribution in [2.75, 3.05) is 18.7 Å². The lowest BCUT2D eigenvalue weighted by molar-refractivity contribution is 0.174. The number of hydrogen-bond acceptors (Lipinski definition) is 3. The summed E-state index contributed by atoms with van der Waals surface area (Å²) < 4.78 is 10.8. The fourth-order valence-electron chi connectivity index (χ4n) is 3.27. The molecule has 166 valence electrons. The Bertz CT molecular complexity index is 1160. The van der Waals surface area contributed by atoms with Crippen molar-refractivity contribution in [3.05, 3.63) is 85.8 Å². The number of anilines is 1. The molecule has 0 radical (unpaired) electrons. The largest absolute Gasteiger partial charge is 0.454 e. The van der Waals surface area contributed by atoms with Gasteiger partial charge >= 0.3 is 6.03 Å². The third kappa shape index (κ3) is 5.54. The van der Waals surface area contributed by atoms with E-state index in [1.165, 1.54) is 0 Å². The zero-order valence-electron chi connectivity index (χ0n) is 16.7. The number of benzene rings is 3. The van der Waals surface area contributed by atoms with Crippen LogP contribution in [0.5, 0.6) is 11.5 Å². The van der Waals surface area contributed by atoms with E-state index in [4.69, 9.17) is 55.9 Å². The molecule has 1 N–H and O–H groups in total. The number of carbonyl (C=O) groups excluding carboxylic acids is 1. The van der Waals surface area contributed by atoms with Gasteiger partial charge in [-0.25, -0.2) is 4.79 Å². The molecule has 1 aliphatic heterocycles. The lowest BCUT2D eigenvalue weighted by Crippen LogP contribution is -2.36. The summed E-state index contributed by atoms with van der Waals surface area (Å²) in [6.45, 7) is 0.966. The first kappa shape index (κ1) is 22.9. The van der Waals surface area contributed by atoms with Gasteiger partial charge in [-0.2, -0.15) is 0 Å². The van der Waals surface area contributed by atoms with Gasteiger partial charge in [0.2, 0.25) is 6.79 Å². The monoisotopic (exact) mass is 510 g/mol. The van der Waals surface area contributed by atoms with Crippen LogP contribution in [0.4, 0.5) is 10.5 Å². The fourth-order valence-corrected chi connectivity index (χ4v) is 4.07. The zero-order valence-corrected chi connectivity index (χ0v) is 19.7. The molecule has 0 fully saturated rings. The van der Waals surface area contributed by atoms with E-state index in [1.807, 2.05) is 24.3 Å². The molecule has 0 aliphatic carbocycles. The minimum absolute atomic E-state index is 0.190. The summed E-state index contributed by atoms with van der Waals surface area (Å²) in [6.07, 6.45) is 0.551. The molecule has 3 aromatic rings. The van der Waals surface area contributed by atoms with Crippen LogP contribution < -0.4 is 14.8 Å². The number of nitrogens with one attached hydrogen (secondary N) is 1. The van der Waals surface area contributed by atoms with E-state index in [-0.39, 0.29) is 12.8 Å². The summed E-state index contributed by atoms with van der Waals surface area (Å²) >= 11 is 24.4. The maximum atomic E-state index is 13.1. The Balaban J connectivity index is 1.53. The highest BCUT2D eigenvalue weighted by atomic mass is 35.5. The van der Waals surface area contributed by atoms with Gasteiger partial charge in [0.1, 0.15) is 0 Å². The van der Waals surface area contributed by atoms with Gasteiger partial charge in [-0.15, -0.1) is 0 Å². The zero-order chi connectivity index (χ0) is 22.7. The molecule has 4 rings (SSSR count). The van der Waals surface area contributed by atoms with Gasteiger partial charge in [-0.05, 0) is 60.0 Å². The number of nitrogens with zero attached hydrogens (tertiary/aromatic N) is 1. The molecule has 0 spiro atoms. The number of urea groups is 1. The minimum Gasteiger partial charge on any atom is -0.454 e. The van der Waals surface area contributed by atoms with Crippen molar-refractivity contribution >= 4 is 58.1 Å². The van der Waals surface area contributed by atoms with Gasteiger partial charge in [-0.1, -0.05) is 58.5 Å². The van der Waals surface area contributed by atoms with Crippen LogP contribution in [0, 0.1) is 0 Å². The molecule has 9 heteroatoms. The number of carbonyl (C=O) groups is 1. The van der Waals surface area contributed by atoms with Crippen molar-refractivity contribution in [1.82, 2.24) is 4.90 Å². The van der Waals surface area contributed by atoms with E-state index < -0.39 is 0 Å². The molecule has 2 amide bonds. The highest BCUT2D eigenvalue weighted by Crippen LogP contribution is 2.33. The van der Waals surface area contributed by atoms with E-state index in [1.54, 1.807) is 35.2 Å². The van der Waals surface area contributed by atoms with Crippen molar-refractivity contribution < 1.29 is 14.3 Å². The molecule has 0 saturated heterocycles. The molecular weight excluding hydrogens is 494 g/mol. The highest BCUT2D eigenvalue weighted by Gasteiger charge is 2.19. The summed E-state index contributed by atoms with van der Waals surface area (Å²) in [4.78, 5) is 14.8. The van der Waals surface area contributed by atoms with Gasteiger partial charge in [0.25, 0.3) is 0 Å². The molecule has 3 aromatic carbocycles. The average Bonchev–Trinajstić information content (AvgIpc) is 3.22. The number of amides is 2. The van der Waals surface area contributed by atoms with Crippen molar-refractivity contribution in [2.45, 2.75) is 13.0 Å². The highest BCUT2D eigenvalue weighted by molar-refractivity contribution is 6.42. The number of hydrogen-bond donors (Lipinski definition) is 1. The van der Waals surface area contributed by atoms with Gasteiger partial charge in [0.05, 0.1) is 10.0 Å². The molecular formula is C23H18Cl4N2O3. The van der Waals surface area contributed by atoms with Crippen LogP contribution in [0.3, 0.4) is 0 Å². The summed E-state index contributed by atoms with van der Waals surface area (Å²) in [7, 11) is 0. The second-order valence-corrected chi connectivity index (χ2v) is 8.81. The molecule has 5 nitrogen and oxygen atoms in total. The first-order chi connectivity index (χ1) is 15.4. The van der Waals surface area contributed by atoms with E-state index in [0.717, 1.165) is 11.1 Å². The van der Waals surface area contributed by atoms with Gasteiger partial charge < -0.3 is 19.7 Å². The molecule has 0 unspecified atom stereocenters. The number of rotatable bonds is 6. The first-order valence-electron chi connectivity index (χ1n) is 9.72. The van der Waals surface area contributed by atoms with Gasteiger partial charge in [0, 0.05) is 28.8 Å². The maximum Gasteiger partial charge on any atom is 0.322 e. The number of fused-ring (bicyclic) bond motifs is 1. The van der Waals surface area contributed by atoms with Crippen LogP contribution in [-0.2, 0) is 13.0 Å². The summed E-state index contributed by atoms with van der Waals surface area (Å²) in [5.74, 6) is 1.35. The van der Waals surface area contributed by atoms with Gasteiger partial charge in [0.15, 0.2) is 11.5 Å². The van der Waals surface area contributed by atoms with Crippen LogP contribution in [0.1, 0.15) is 11.1 Å². The molecule has 0 bridgehead atoms. The Morgan fingerprint density at radius 1 is 0.875 bits per heavy atom. The standard InChI is InChI=1S/C23H18Cl4N2O3/c24-16-3-2-15(19(26)10-16)7-8-29(12-14-1-6-21-22(9-14)32-13-31-21)23(30)28-17-4-5-18(25)20(27)11-17/h1-6,9-11H,7-8,12-13H2,(H,28,30). The van der Waals surface area contributed by atoms with Crippen LogP contribution in [0.25, 0.3) is 0 Å². The second kappa shape index (κ2) is 10.1. The molecule has 1 heterocycles. The van der Waals surface area contributed by atoms with Crippen LogP contribution >= 0.6 is 46.4 Å². The molecule has 0 atom stereocenters. The lowest BCUT2D eigenvalue weighted by atomic mass is 10.1. The Morgan fingerprint density at radius 2 is 1.69 bits per heavy atom. The molecule has 0 aromatic heterocycles. The first-order valence-corrected chi connectivity index (χ1v) is 11.2. The van der Waals surface area contributed by atoms with Gasteiger partial charge in [-0.3, -0.25) is 0 Å². The Morgan fingerprint density at radius 3 is 2.47 bits per heavy atom. The van der Waals surface area contributed by atoms with E-state index in [9.17, 15) is 4.79 Å². The third-order valence-electron chi connectivity index (χ3n) is 4.93. The fraction of sp³-hybridized carbons (Fsp3) is 0.174. The Labute approximate surface area is 205 Å². The third-order valence-corrected chi connectivity index (χ3v) is 6.26. The quantitative estimate of drug-likeness (QED) is 0.377. The van der Waals surface area contributed by atoms with E-state index in [2.05, 4.69) is 5.32 Å². The summed E-state index contributed by atoms with van der Waals surface area (Å²) in [5.41, 5.74) is 2.35. The Kier molecular flexibility index (Phi) is 7.21. The summed E-state index contributed by atoms with van der Waals surface area (Å²) in [5, 5.41) is 4.78. The maximum absolute atomic E-state index is 13.1. The summed E-state index contributed by atoms with van der Waals surface area (Å²) in [6, 6.07) is 15.6. The van der Waals surface area contributed by atoms with Crippen LogP contribution in [0.2, 0.25) is 20.1 Å². The van der Waals surface area contributed by atoms with E-state index in [0.29, 0.717) is 56.8 Å². The Hall–Kier alpha value is -2.31. The lowest BCUT2D eigenvalue weighted by Gasteiger charge is -2.24. The molecule has 1 aliphatic rings.